The second-order valence-electron chi connectivity index (χ2n) is 7.95. The molecular formula is C24H24N2O4S. The van der Waals surface area contributed by atoms with Crippen molar-refractivity contribution < 1.29 is 19.0 Å². The largest absolute Gasteiger partial charge is 0.467 e. The Balaban J connectivity index is 1.17. The molecule has 1 aromatic heterocycles. The Labute approximate surface area is 185 Å². The molecule has 3 aromatic rings. The minimum absolute atomic E-state index is 0.0161. The molecule has 0 bridgehead atoms. The highest BCUT2D eigenvalue weighted by molar-refractivity contribution is 7.20. The summed E-state index contributed by atoms with van der Waals surface area (Å²) in [6, 6.07) is 9.88. The maximum absolute atomic E-state index is 12.6. The van der Waals surface area contributed by atoms with Gasteiger partial charge < -0.3 is 19.1 Å². The topological polar surface area (TPSA) is 60.9 Å². The van der Waals surface area contributed by atoms with Crippen LogP contribution in [0.15, 0.2) is 36.4 Å². The van der Waals surface area contributed by atoms with Gasteiger partial charge in [-0.05, 0) is 48.7 Å². The molecule has 3 heterocycles. The highest BCUT2D eigenvalue weighted by Gasteiger charge is 2.24. The van der Waals surface area contributed by atoms with E-state index in [2.05, 4.69) is 26.0 Å². The second kappa shape index (κ2) is 8.23. The number of ether oxygens (including phenoxy) is 3. The number of aryl methyl sites for hydroxylation is 2. The maximum Gasteiger partial charge on any atom is 0.274 e. The standard InChI is InChI=1S/C24H24N2O4S/c1-15-3-4-16(2)23-22(15)25-24(31-23)30-18-9-11-26(12-10-18)21(27)8-6-17-5-7-19-20(13-17)29-14-28-19/h3-8,13,18H,9-12,14H2,1-2H3/b8-6+. The Hall–Kier alpha value is -3.06. The fourth-order valence-electron chi connectivity index (χ4n) is 3.92. The first kappa shape index (κ1) is 19.9. The van der Waals surface area contributed by atoms with Gasteiger partial charge in [0, 0.05) is 32.0 Å². The molecule has 0 unspecified atom stereocenters. The van der Waals surface area contributed by atoms with E-state index < -0.39 is 0 Å². The summed E-state index contributed by atoms with van der Waals surface area (Å²) in [5.74, 6) is 1.47. The van der Waals surface area contributed by atoms with Crippen LogP contribution in [0.3, 0.4) is 0 Å². The zero-order valence-corrected chi connectivity index (χ0v) is 18.4. The third-order valence-corrected chi connectivity index (χ3v) is 6.84. The van der Waals surface area contributed by atoms with E-state index in [1.807, 2.05) is 29.2 Å². The summed E-state index contributed by atoms with van der Waals surface area (Å²) in [4.78, 5) is 19.2. The Morgan fingerprint density at radius 2 is 1.90 bits per heavy atom. The number of hydrogen-bond donors (Lipinski definition) is 0. The number of aromatic nitrogens is 1. The smallest absolute Gasteiger partial charge is 0.274 e. The molecule has 2 aromatic carbocycles. The van der Waals surface area contributed by atoms with Gasteiger partial charge in [-0.3, -0.25) is 4.79 Å². The normalized spacial score (nSPS) is 16.4. The van der Waals surface area contributed by atoms with Crippen molar-refractivity contribution >= 4 is 33.5 Å². The van der Waals surface area contributed by atoms with Crippen molar-refractivity contribution in [3.05, 3.63) is 53.1 Å². The van der Waals surface area contributed by atoms with E-state index in [9.17, 15) is 4.79 Å². The van der Waals surface area contributed by atoms with Crippen molar-refractivity contribution in [2.45, 2.75) is 32.8 Å². The Morgan fingerprint density at radius 1 is 1.13 bits per heavy atom. The molecular weight excluding hydrogens is 412 g/mol. The number of piperidine rings is 1. The number of carbonyl (C=O) groups is 1. The maximum atomic E-state index is 12.6. The summed E-state index contributed by atoms with van der Waals surface area (Å²) >= 11 is 1.61. The number of benzene rings is 2. The second-order valence-corrected chi connectivity index (χ2v) is 8.91. The molecule has 1 amide bonds. The van der Waals surface area contributed by atoms with Gasteiger partial charge >= 0.3 is 0 Å². The van der Waals surface area contributed by atoms with Crippen molar-refractivity contribution in [3.63, 3.8) is 0 Å². The first-order chi connectivity index (χ1) is 15.1. The van der Waals surface area contributed by atoms with Crippen LogP contribution in [0, 0.1) is 13.8 Å². The van der Waals surface area contributed by atoms with Crippen LogP contribution < -0.4 is 14.2 Å². The van der Waals surface area contributed by atoms with E-state index in [4.69, 9.17) is 19.2 Å². The summed E-state index contributed by atoms with van der Waals surface area (Å²) < 4.78 is 18.1. The van der Waals surface area contributed by atoms with Crippen LogP contribution in [0.1, 0.15) is 29.5 Å². The summed E-state index contributed by atoms with van der Waals surface area (Å²) in [6.45, 7) is 5.78. The molecule has 0 aliphatic carbocycles. The highest BCUT2D eigenvalue weighted by atomic mass is 32.1. The lowest BCUT2D eigenvalue weighted by atomic mass is 10.1. The van der Waals surface area contributed by atoms with Gasteiger partial charge in [-0.1, -0.05) is 29.5 Å². The first-order valence-electron chi connectivity index (χ1n) is 10.5. The van der Waals surface area contributed by atoms with E-state index >= 15 is 0 Å². The number of rotatable bonds is 4. The lowest BCUT2D eigenvalue weighted by molar-refractivity contribution is -0.127. The van der Waals surface area contributed by atoms with Crippen LogP contribution in [0.5, 0.6) is 16.7 Å². The van der Waals surface area contributed by atoms with E-state index in [1.165, 1.54) is 15.8 Å². The molecule has 2 aliphatic heterocycles. The SMILES string of the molecule is Cc1ccc(C)c2sc(OC3CCN(C(=O)/C=C/c4ccc5c(c4)OCO5)CC3)nc12. The summed E-state index contributed by atoms with van der Waals surface area (Å²) in [7, 11) is 0. The van der Waals surface area contributed by atoms with Crippen LogP contribution in [0.2, 0.25) is 0 Å². The number of hydrogen-bond acceptors (Lipinski definition) is 6. The number of fused-ring (bicyclic) bond motifs is 2. The molecule has 5 rings (SSSR count). The molecule has 0 saturated carbocycles. The zero-order chi connectivity index (χ0) is 21.4. The molecule has 2 aliphatic rings. The monoisotopic (exact) mass is 436 g/mol. The van der Waals surface area contributed by atoms with E-state index in [1.54, 1.807) is 17.4 Å². The van der Waals surface area contributed by atoms with Gasteiger partial charge in [-0.15, -0.1) is 0 Å². The Bertz CT molecular complexity index is 1120. The van der Waals surface area contributed by atoms with E-state index in [0.717, 1.165) is 34.9 Å². The van der Waals surface area contributed by atoms with E-state index in [0.29, 0.717) is 18.8 Å². The molecule has 31 heavy (non-hydrogen) atoms. The van der Waals surface area contributed by atoms with Gasteiger partial charge in [0.1, 0.15) is 6.10 Å². The van der Waals surface area contributed by atoms with Crippen LogP contribution in [0.25, 0.3) is 16.3 Å². The van der Waals surface area contributed by atoms with Crippen LogP contribution in [0.4, 0.5) is 0 Å². The van der Waals surface area contributed by atoms with Crippen LogP contribution in [-0.2, 0) is 4.79 Å². The fraction of sp³-hybridized carbons (Fsp3) is 0.333. The molecule has 0 atom stereocenters. The van der Waals surface area contributed by atoms with Gasteiger partial charge in [0.05, 0.1) is 10.2 Å². The lowest BCUT2D eigenvalue weighted by Gasteiger charge is -2.30. The van der Waals surface area contributed by atoms with Crippen LogP contribution in [-0.4, -0.2) is 41.8 Å². The van der Waals surface area contributed by atoms with Crippen molar-refractivity contribution in [3.8, 4) is 16.7 Å². The predicted octanol–water partition coefficient (Wildman–Crippen LogP) is 4.73. The lowest BCUT2D eigenvalue weighted by Crippen LogP contribution is -2.41. The number of thiazole rings is 1. The molecule has 0 spiro atoms. The molecule has 0 N–H and O–H groups in total. The van der Waals surface area contributed by atoms with Crippen molar-refractivity contribution in [1.82, 2.24) is 9.88 Å². The average molecular weight is 437 g/mol. The molecule has 0 radical (unpaired) electrons. The number of nitrogens with zero attached hydrogens (tertiary/aromatic N) is 2. The molecule has 160 valence electrons. The van der Waals surface area contributed by atoms with E-state index in [-0.39, 0.29) is 18.8 Å². The molecule has 1 saturated heterocycles. The quantitative estimate of drug-likeness (QED) is 0.554. The highest BCUT2D eigenvalue weighted by Crippen LogP contribution is 2.34. The predicted molar refractivity (Wildman–Crippen MR) is 121 cm³/mol. The Kier molecular flexibility index (Phi) is 5.28. The third-order valence-electron chi connectivity index (χ3n) is 5.76. The van der Waals surface area contributed by atoms with Crippen molar-refractivity contribution in [2.75, 3.05) is 19.9 Å². The van der Waals surface area contributed by atoms with Crippen LogP contribution >= 0.6 is 11.3 Å². The summed E-state index contributed by atoms with van der Waals surface area (Å²) in [6.07, 6.45) is 5.13. The van der Waals surface area contributed by atoms with Gasteiger partial charge in [0.25, 0.3) is 5.19 Å². The number of amides is 1. The van der Waals surface area contributed by atoms with Crippen molar-refractivity contribution in [2.24, 2.45) is 0 Å². The van der Waals surface area contributed by atoms with Gasteiger partial charge in [-0.2, -0.15) is 0 Å². The summed E-state index contributed by atoms with van der Waals surface area (Å²) in [5, 5.41) is 0.722. The number of likely N-dealkylation sites (tertiary alicyclic amines) is 1. The first-order valence-corrected chi connectivity index (χ1v) is 11.3. The molecule has 1 fully saturated rings. The molecule has 7 heteroatoms. The van der Waals surface area contributed by atoms with Gasteiger partial charge in [0.2, 0.25) is 12.7 Å². The third kappa shape index (κ3) is 4.10. The molecule has 6 nitrogen and oxygen atoms in total. The zero-order valence-electron chi connectivity index (χ0n) is 17.6. The minimum Gasteiger partial charge on any atom is -0.467 e. The Morgan fingerprint density at radius 3 is 2.71 bits per heavy atom. The average Bonchev–Trinajstić information content (AvgIpc) is 3.42. The van der Waals surface area contributed by atoms with Gasteiger partial charge in [0.15, 0.2) is 11.5 Å². The van der Waals surface area contributed by atoms with Gasteiger partial charge in [-0.25, -0.2) is 4.98 Å². The fourth-order valence-corrected chi connectivity index (χ4v) is 4.94. The number of carbonyl (C=O) groups excluding carboxylic acids is 1. The minimum atomic E-state index is 0.0161. The summed E-state index contributed by atoms with van der Waals surface area (Å²) in [5.41, 5.74) is 4.34. The van der Waals surface area contributed by atoms with Crippen molar-refractivity contribution in [1.29, 1.82) is 0 Å².